The molecule has 1 amide bonds. The van der Waals surface area contributed by atoms with Crippen LogP contribution >= 0.6 is 0 Å². The molecule has 154 valence electrons. The number of hydrogen-bond donors (Lipinski definition) is 1. The summed E-state index contributed by atoms with van der Waals surface area (Å²) in [6, 6.07) is 10.7. The molecule has 2 N–H and O–H groups in total. The minimum atomic E-state index is -0.336. The van der Waals surface area contributed by atoms with E-state index >= 15 is 0 Å². The maximum absolute atomic E-state index is 12.3. The highest BCUT2D eigenvalue weighted by atomic mass is 16.5. The average molecular weight is 386 g/mol. The van der Waals surface area contributed by atoms with Gasteiger partial charge in [-0.15, -0.1) is 0 Å². The van der Waals surface area contributed by atoms with Gasteiger partial charge in [0, 0.05) is 43.9 Å². The number of para-hydroxylation sites is 1. The van der Waals surface area contributed by atoms with E-state index in [4.69, 9.17) is 10.5 Å². The van der Waals surface area contributed by atoms with E-state index in [0.717, 1.165) is 64.9 Å². The number of amides is 1. The molecule has 0 radical (unpaired) electrons. The lowest BCUT2D eigenvalue weighted by Gasteiger charge is -2.48. The Morgan fingerprint density at radius 3 is 2.57 bits per heavy atom. The summed E-state index contributed by atoms with van der Waals surface area (Å²) in [4.78, 5) is 17.2. The molecule has 4 unspecified atom stereocenters. The van der Waals surface area contributed by atoms with Gasteiger partial charge in [-0.25, -0.2) is 0 Å². The van der Waals surface area contributed by atoms with Crippen molar-refractivity contribution in [1.29, 1.82) is 0 Å². The molecule has 1 saturated carbocycles. The highest BCUT2D eigenvalue weighted by molar-refractivity contribution is 5.80. The van der Waals surface area contributed by atoms with Gasteiger partial charge >= 0.3 is 0 Å². The third-order valence-electron chi connectivity index (χ3n) is 7.56. The number of primary amides is 1. The Balaban J connectivity index is 1.37. The highest BCUT2D eigenvalue weighted by Crippen LogP contribution is 2.48. The second-order valence-corrected chi connectivity index (χ2v) is 9.10. The van der Waals surface area contributed by atoms with Crippen LogP contribution in [-0.2, 0) is 9.53 Å². The van der Waals surface area contributed by atoms with Crippen molar-refractivity contribution in [3.05, 3.63) is 30.3 Å². The summed E-state index contributed by atoms with van der Waals surface area (Å²) in [5.41, 5.74) is 6.83. The van der Waals surface area contributed by atoms with Crippen LogP contribution in [0, 0.1) is 17.3 Å². The Hall–Kier alpha value is -1.59. The molecular weight excluding hydrogens is 350 g/mol. The molecule has 2 saturated heterocycles. The third-order valence-corrected chi connectivity index (χ3v) is 7.56. The standard InChI is InChI=1S/C23H35N3O2/c1-23(22(24)27)11-6-5-9-20(23)18-10-16-28-21(17-18)26-14-12-25(13-15-26)19-7-3-2-4-8-19/h2-4,7-8,18,20-21H,5-6,9-17H2,1H3,(H2,24,27). The summed E-state index contributed by atoms with van der Waals surface area (Å²) in [5, 5.41) is 0. The quantitative estimate of drug-likeness (QED) is 0.864. The van der Waals surface area contributed by atoms with Gasteiger partial charge in [0.2, 0.25) is 5.91 Å². The first-order valence-corrected chi connectivity index (χ1v) is 11.0. The summed E-state index contributed by atoms with van der Waals surface area (Å²) < 4.78 is 6.20. The topological polar surface area (TPSA) is 58.8 Å². The van der Waals surface area contributed by atoms with Gasteiger partial charge in [0.1, 0.15) is 6.23 Å². The number of carbonyl (C=O) groups is 1. The van der Waals surface area contributed by atoms with Crippen molar-refractivity contribution in [3.8, 4) is 0 Å². The monoisotopic (exact) mass is 385 g/mol. The fraction of sp³-hybridized carbons (Fsp3) is 0.696. The Bertz CT molecular complexity index is 659. The van der Waals surface area contributed by atoms with E-state index in [-0.39, 0.29) is 17.6 Å². The molecule has 1 aromatic rings. The summed E-state index contributed by atoms with van der Waals surface area (Å²) in [6.07, 6.45) is 6.74. The van der Waals surface area contributed by atoms with E-state index in [1.165, 1.54) is 12.1 Å². The number of nitrogens with two attached hydrogens (primary N) is 1. The first kappa shape index (κ1) is 19.7. The first-order chi connectivity index (χ1) is 13.6. The van der Waals surface area contributed by atoms with Gasteiger partial charge in [-0.1, -0.05) is 38.0 Å². The van der Waals surface area contributed by atoms with E-state index < -0.39 is 0 Å². The van der Waals surface area contributed by atoms with Crippen LogP contribution in [0.25, 0.3) is 0 Å². The third kappa shape index (κ3) is 3.92. The van der Waals surface area contributed by atoms with Crippen molar-refractivity contribution in [2.45, 2.75) is 51.7 Å². The van der Waals surface area contributed by atoms with Crippen molar-refractivity contribution < 1.29 is 9.53 Å². The second kappa shape index (κ2) is 8.42. The molecule has 4 atom stereocenters. The van der Waals surface area contributed by atoms with Crippen LogP contribution in [0.15, 0.2) is 30.3 Å². The zero-order chi connectivity index (χ0) is 19.6. The zero-order valence-corrected chi connectivity index (χ0v) is 17.2. The molecular formula is C23H35N3O2. The predicted molar refractivity (Wildman–Crippen MR) is 112 cm³/mol. The summed E-state index contributed by atoms with van der Waals surface area (Å²) in [6.45, 7) is 7.06. The van der Waals surface area contributed by atoms with E-state index in [2.05, 4.69) is 47.1 Å². The van der Waals surface area contributed by atoms with Crippen molar-refractivity contribution in [2.75, 3.05) is 37.7 Å². The fourth-order valence-electron chi connectivity index (χ4n) is 5.75. The maximum atomic E-state index is 12.3. The maximum Gasteiger partial charge on any atom is 0.223 e. The van der Waals surface area contributed by atoms with Crippen molar-refractivity contribution in [3.63, 3.8) is 0 Å². The lowest BCUT2D eigenvalue weighted by atomic mass is 9.60. The van der Waals surface area contributed by atoms with Crippen LogP contribution in [-0.4, -0.2) is 49.8 Å². The number of anilines is 1. The molecule has 3 aliphatic rings. The molecule has 0 bridgehead atoms. The van der Waals surface area contributed by atoms with E-state index in [1.807, 2.05) is 0 Å². The Morgan fingerprint density at radius 2 is 1.86 bits per heavy atom. The van der Waals surface area contributed by atoms with E-state index in [9.17, 15) is 4.79 Å². The molecule has 28 heavy (non-hydrogen) atoms. The fourth-order valence-corrected chi connectivity index (χ4v) is 5.75. The number of piperazine rings is 1. The molecule has 4 rings (SSSR count). The Morgan fingerprint density at radius 1 is 1.11 bits per heavy atom. The molecule has 2 aliphatic heterocycles. The number of rotatable bonds is 4. The van der Waals surface area contributed by atoms with Gasteiger partial charge in [0.25, 0.3) is 0 Å². The smallest absolute Gasteiger partial charge is 0.223 e. The van der Waals surface area contributed by atoms with Gasteiger partial charge in [-0.2, -0.15) is 0 Å². The lowest BCUT2D eigenvalue weighted by Crippen LogP contribution is -2.54. The lowest BCUT2D eigenvalue weighted by molar-refractivity contribution is -0.143. The number of hydrogen-bond acceptors (Lipinski definition) is 4. The predicted octanol–water partition coefficient (Wildman–Crippen LogP) is 3.24. The molecule has 1 aromatic carbocycles. The van der Waals surface area contributed by atoms with Crippen LogP contribution < -0.4 is 10.6 Å². The van der Waals surface area contributed by atoms with Crippen LogP contribution in [0.1, 0.15) is 45.4 Å². The summed E-state index contributed by atoms with van der Waals surface area (Å²) in [7, 11) is 0. The average Bonchev–Trinajstić information content (AvgIpc) is 2.75. The molecule has 0 aromatic heterocycles. The Kier molecular flexibility index (Phi) is 5.93. The number of nitrogens with zero attached hydrogens (tertiary/aromatic N) is 2. The molecule has 0 spiro atoms. The molecule has 3 fully saturated rings. The first-order valence-electron chi connectivity index (χ1n) is 11.0. The number of benzene rings is 1. The van der Waals surface area contributed by atoms with Crippen LogP contribution in [0.2, 0.25) is 0 Å². The van der Waals surface area contributed by atoms with Crippen molar-refractivity contribution >= 4 is 11.6 Å². The van der Waals surface area contributed by atoms with Crippen LogP contribution in [0.3, 0.4) is 0 Å². The number of ether oxygens (including phenoxy) is 1. The number of carbonyl (C=O) groups excluding carboxylic acids is 1. The largest absolute Gasteiger partial charge is 0.369 e. The van der Waals surface area contributed by atoms with Gasteiger partial charge in [0.05, 0.1) is 0 Å². The Labute approximate surface area is 169 Å². The highest BCUT2D eigenvalue weighted by Gasteiger charge is 2.46. The van der Waals surface area contributed by atoms with Crippen LogP contribution in [0.4, 0.5) is 5.69 Å². The minimum Gasteiger partial charge on any atom is -0.369 e. The normalized spacial score (nSPS) is 34.9. The van der Waals surface area contributed by atoms with Gasteiger partial charge in [-0.05, 0) is 49.7 Å². The molecule has 2 heterocycles. The SMILES string of the molecule is CC1(C(N)=O)CCCCC1C1CCOC(N2CCN(c3ccccc3)CC2)C1. The molecule has 5 nitrogen and oxygen atoms in total. The van der Waals surface area contributed by atoms with E-state index in [1.54, 1.807) is 0 Å². The van der Waals surface area contributed by atoms with E-state index in [0.29, 0.717) is 11.8 Å². The second-order valence-electron chi connectivity index (χ2n) is 9.10. The summed E-state index contributed by atoms with van der Waals surface area (Å²) in [5.74, 6) is 0.858. The van der Waals surface area contributed by atoms with Gasteiger partial charge in [0.15, 0.2) is 0 Å². The van der Waals surface area contributed by atoms with Gasteiger partial charge in [-0.3, -0.25) is 9.69 Å². The van der Waals surface area contributed by atoms with Crippen molar-refractivity contribution in [2.24, 2.45) is 23.0 Å². The molecule has 5 heteroatoms. The van der Waals surface area contributed by atoms with Crippen LogP contribution in [0.5, 0.6) is 0 Å². The zero-order valence-electron chi connectivity index (χ0n) is 17.2. The van der Waals surface area contributed by atoms with Gasteiger partial charge < -0.3 is 15.4 Å². The summed E-state index contributed by atoms with van der Waals surface area (Å²) >= 11 is 0. The molecule has 1 aliphatic carbocycles. The minimum absolute atomic E-state index is 0.100. The van der Waals surface area contributed by atoms with Crippen molar-refractivity contribution in [1.82, 2.24) is 4.90 Å².